The van der Waals surface area contributed by atoms with Crippen LogP contribution in [0.4, 0.5) is 0 Å². The summed E-state index contributed by atoms with van der Waals surface area (Å²) in [4.78, 5) is 13.8. The van der Waals surface area contributed by atoms with Crippen molar-refractivity contribution < 1.29 is 14.3 Å². The number of nitrogens with zero attached hydrogens (tertiary/aromatic N) is 1. The van der Waals surface area contributed by atoms with Crippen molar-refractivity contribution in [3.05, 3.63) is 29.8 Å². The van der Waals surface area contributed by atoms with E-state index >= 15 is 0 Å². The molecule has 2 rings (SSSR count). The predicted octanol–water partition coefficient (Wildman–Crippen LogP) is 2.51. The van der Waals surface area contributed by atoms with Crippen LogP contribution in [0.5, 0.6) is 5.75 Å². The third-order valence-electron chi connectivity index (χ3n) is 4.11. The van der Waals surface area contributed by atoms with E-state index in [4.69, 9.17) is 9.47 Å². The van der Waals surface area contributed by atoms with E-state index in [0.717, 1.165) is 38.1 Å². The maximum Gasteiger partial charge on any atom is 0.248 e. The molecule has 4 nitrogen and oxygen atoms in total. The topological polar surface area (TPSA) is 38.8 Å². The SMILES string of the molecule is COCC(=O)N1CCC[C@@H](CCc2cccc(OC)c2)C1. The highest BCUT2D eigenvalue weighted by Gasteiger charge is 2.23. The van der Waals surface area contributed by atoms with Crippen molar-refractivity contribution in [3.8, 4) is 5.75 Å². The number of aryl methyl sites for hydroxylation is 1. The number of ether oxygens (including phenoxy) is 2. The molecule has 0 aromatic heterocycles. The van der Waals surface area contributed by atoms with Crippen molar-refractivity contribution in [3.63, 3.8) is 0 Å². The Morgan fingerprint density at radius 2 is 2.24 bits per heavy atom. The first-order chi connectivity index (χ1) is 10.2. The molecule has 1 aromatic carbocycles. The molecule has 1 amide bonds. The average molecular weight is 291 g/mol. The summed E-state index contributed by atoms with van der Waals surface area (Å²) in [5, 5.41) is 0. The molecule has 0 N–H and O–H groups in total. The maximum absolute atomic E-state index is 11.9. The van der Waals surface area contributed by atoms with Crippen molar-refractivity contribution in [2.45, 2.75) is 25.7 Å². The van der Waals surface area contributed by atoms with Crippen LogP contribution in [0.1, 0.15) is 24.8 Å². The third kappa shape index (κ3) is 4.74. The first-order valence-electron chi connectivity index (χ1n) is 7.62. The Kier molecular flexibility index (Phi) is 6.05. The molecule has 4 heteroatoms. The lowest BCUT2D eigenvalue weighted by atomic mass is 9.91. The minimum atomic E-state index is 0.114. The van der Waals surface area contributed by atoms with E-state index in [1.807, 2.05) is 17.0 Å². The van der Waals surface area contributed by atoms with Gasteiger partial charge in [0, 0.05) is 20.2 Å². The summed E-state index contributed by atoms with van der Waals surface area (Å²) in [6.07, 6.45) is 4.46. The van der Waals surface area contributed by atoms with Crippen molar-refractivity contribution in [1.82, 2.24) is 4.90 Å². The van der Waals surface area contributed by atoms with Gasteiger partial charge in [0.05, 0.1) is 7.11 Å². The molecule has 1 aliphatic heterocycles. The second kappa shape index (κ2) is 8.03. The molecule has 1 heterocycles. The molecule has 21 heavy (non-hydrogen) atoms. The summed E-state index contributed by atoms with van der Waals surface area (Å²) in [7, 11) is 3.27. The zero-order chi connectivity index (χ0) is 15.1. The number of amides is 1. The van der Waals surface area contributed by atoms with Crippen LogP contribution >= 0.6 is 0 Å². The second-order valence-corrected chi connectivity index (χ2v) is 5.67. The molecule has 0 bridgehead atoms. The number of likely N-dealkylation sites (tertiary alicyclic amines) is 1. The molecule has 116 valence electrons. The number of piperidine rings is 1. The van der Waals surface area contributed by atoms with Crippen LogP contribution in [0.25, 0.3) is 0 Å². The Labute approximate surface area is 127 Å². The molecular weight excluding hydrogens is 266 g/mol. The number of methoxy groups -OCH3 is 2. The van der Waals surface area contributed by atoms with Gasteiger partial charge in [-0.15, -0.1) is 0 Å². The van der Waals surface area contributed by atoms with Crippen LogP contribution in [0.15, 0.2) is 24.3 Å². The monoisotopic (exact) mass is 291 g/mol. The minimum absolute atomic E-state index is 0.114. The van der Waals surface area contributed by atoms with Crippen LogP contribution in [-0.2, 0) is 16.0 Å². The summed E-state index contributed by atoms with van der Waals surface area (Å²) in [6, 6.07) is 8.23. The van der Waals surface area contributed by atoms with E-state index in [-0.39, 0.29) is 12.5 Å². The van der Waals surface area contributed by atoms with Gasteiger partial charge in [-0.3, -0.25) is 4.79 Å². The van der Waals surface area contributed by atoms with Crippen LogP contribution in [0, 0.1) is 5.92 Å². The summed E-state index contributed by atoms with van der Waals surface area (Å²) in [6.45, 7) is 1.94. The fraction of sp³-hybridized carbons (Fsp3) is 0.588. The Morgan fingerprint density at radius 1 is 1.38 bits per heavy atom. The van der Waals surface area contributed by atoms with Gasteiger partial charge in [0.2, 0.25) is 5.91 Å². The zero-order valence-corrected chi connectivity index (χ0v) is 13.0. The fourth-order valence-corrected chi connectivity index (χ4v) is 2.94. The van der Waals surface area contributed by atoms with Crippen LogP contribution in [0.2, 0.25) is 0 Å². The molecule has 0 unspecified atom stereocenters. The Bertz CT molecular complexity index is 461. The van der Waals surface area contributed by atoms with E-state index in [2.05, 4.69) is 12.1 Å². The standard InChI is InChI=1S/C17H25NO3/c1-20-13-17(19)18-10-4-6-15(12-18)9-8-14-5-3-7-16(11-14)21-2/h3,5,7,11,15H,4,6,8-10,12-13H2,1-2H3/t15-/m0/s1. The quantitative estimate of drug-likeness (QED) is 0.808. The van der Waals surface area contributed by atoms with Crippen molar-refractivity contribution in [1.29, 1.82) is 0 Å². The Hall–Kier alpha value is -1.55. The molecule has 0 aliphatic carbocycles. The van der Waals surface area contributed by atoms with Crippen molar-refractivity contribution >= 4 is 5.91 Å². The van der Waals surface area contributed by atoms with E-state index in [0.29, 0.717) is 5.92 Å². The van der Waals surface area contributed by atoms with E-state index in [9.17, 15) is 4.79 Å². The fourth-order valence-electron chi connectivity index (χ4n) is 2.94. The highest BCUT2D eigenvalue weighted by atomic mass is 16.5. The van der Waals surface area contributed by atoms with Gasteiger partial charge in [-0.1, -0.05) is 12.1 Å². The largest absolute Gasteiger partial charge is 0.497 e. The van der Waals surface area contributed by atoms with Gasteiger partial charge >= 0.3 is 0 Å². The van der Waals surface area contributed by atoms with Gasteiger partial charge < -0.3 is 14.4 Å². The highest BCUT2D eigenvalue weighted by Crippen LogP contribution is 2.23. The highest BCUT2D eigenvalue weighted by molar-refractivity contribution is 5.77. The predicted molar refractivity (Wildman–Crippen MR) is 82.5 cm³/mol. The molecule has 1 saturated heterocycles. The molecule has 1 aromatic rings. The first kappa shape index (κ1) is 15.8. The summed E-state index contributed by atoms with van der Waals surface area (Å²) < 4.78 is 10.2. The Balaban J connectivity index is 1.83. The van der Waals surface area contributed by atoms with Gasteiger partial charge in [-0.05, 0) is 49.3 Å². The van der Waals surface area contributed by atoms with Crippen molar-refractivity contribution in [2.24, 2.45) is 5.92 Å². The lowest BCUT2D eigenvalue weighted by molar-refractivity contribution is -0.137. The lowest BCUT2D eigenvalue weighted by Gasteiger charge is -2.32. The second-order valence-electron chi connectivity index (χ2n) is 5.67. The number of rotatable bonds is 6. The first-order valence-corrected chi connectivity index (χ1v) is 7.62. The molecule has 0 spiro atoms. The van der Waals surface area contributed by atoms with E-state index in [1.165, 1.54) is 12.0 Å². The van der Waals surface area contributed by atoms with Gasteiger partial charge in [-0.2, -0.15) is 0 Å². The normalized spacial score (nSPS) is 18.6. The van der Waals surface area contributed by atoms with Gasteiger partial charge in [0.15, 0.2) is 0 Å². The van der Waals surface area contributed by atoms with E-state index in [1.54, 1.807) is 14.2 Å². The number of benzene rings is 1. The number of carbonyl (C=O) groups is 1. The number of hydrogen-bond acceptors (Lipinski definition) is 3. The zero-order valence-electron chi connectivity index (χ0n) is 13.0. The molecular formula is C17H25NO3. The summed E-state index contributed by atoms with van der Waals surface area (Å²) in [5.74, 6) is 1.61. The van der Waals surface area contributed by atoms with Gasteiger partial charge in [0.25, 0.3) is 0 Å². The molecule has 1 aliphatic rings. The number of carbonyl (C=O) groups excluding carboxylic acids is 1. The van der Waals surface area contributed by atoms with Crippen LogP contribution in [-0.4, -0.2) is 44.7 Å². The molecule has 0 radical (unpaired) electrons. The third-order valence-corrected chi connectivity index (χ3v) is 4.11. The average Bonchev–Trinajstić information content (AvgIpc) is 2.53. The van der Waals surface area contributed by atoms with E-state index < -0.39 is 0 Å². The van der Waals surface area contributed by atoms with Crippen molar-refractivity contribution in [2.75, 3.05) is 33.9 Å². The van der Waals surface area contributed by atoms with Crippen LogP contribution in [0.3, 0.4) is 0 Å². The summed E-state index contributed by atoms with van der Waals surface area (Å²) in [5.41, 5.74) is 1.30. The molecule has 1 atom stereocenters. The number of hydrogen-bond donors (Lipinski definition) is 0. The lowest BCUT2D eigenvalue weighted by Crippen LogP contribution is -2.41. The van der Waals surface area contributed by atoms with Gasteiger partial charge in [-0.25, -0.2) is 0 Å². The Morgan fingerprint density at radius 3 is 3.00 bits per heavy atom. The molecule has 0 saturated carbocycles. The minimum Gasteiger partial charge on any atom is -0.497 e. The van der Waals surface area contributed by atoms with Crippen LogP contribution < -0.4 is 4.74 Å². The van der Waals surface area contributed by atoms with Gasteiger partial charge in [0.1, 0.15) is 12.4 Å². The smallest absolute Gasteiger partial charge is 0.248 e. The maximum atomic E-state index is 11.9. The summed E-state index contributed by atoms with van der Waals surface area (Å²) >= 11 is 0. The molecule has 1 fully saturated rings.